The topological polar surface area (TPSA) is 90.7 Å². The Morgan fingerprint density at radius 2 is 1.54 bits per heavy atom. The summed E-state index contributed by atoms with van der Waals surface area (Å²) in [4.78, 5) is 18.2. The van der Waals surface area contributed by atoms with Gasteiger partial charge < -0.3 is 9.47 Å². The number of carbonyl (C=O) groups excluding carboxylic acids is 1. The van der Waals surface area contributed by atoms with Gasteiger partial charge in [0, 0.05) is 16.3 Å². The van der Waals surface area contributed by atoms with E-state index in [4.69, 9.17) is 14.5 Å². The number of para-hydroxylation sites is 2. The first-order valence-corrected chi connectivity index (χ1v) is 14.2. The van der Waals surface area contributed by atoms with Crippen molar-refractivity contribution in [2.45, 2.75) is 26.4 Å². The molecule has 0 saturated heterocycles. The summed E-state index contributed by atoms with van der Waals surface area (Å²) < 4.78 is 40.4. The van der Waals surface area contributed by atoms with Gasteiger partial charge in [-0.25, -0.2) is 27.1 Å². The van der Waals surface area contributed by atoms with Crippen LogP contribution in [0.2, 0.25) is 0 Å². The van der Waals surface area contributed by atoms with Gasteiger partial charge in [-0.2, -0.15) is 0 Å². The smallest absolute Gasteiger partial charge is 0.419 e. The normalized spacial score (nSPS) is 12.0. The van der Waals surface area contributed by atoms with Crippen molar-refractivity contribution in [2.75, 3.05) is 17.7 Å². The minimum atomic E-state index is -3.82. The molecule has 0 aliphatic heterocycles. The lowest BCUT2D eigenvalue weighted by Crippen LogP contribution is -2.27. The van der Waals surface area contributed by atoms with Crippen molar-refractivity contribution in [3.05, 3.63) is 85.1 Å². The second-order valence-corrected chi connectivity index (χ2v) is 12.0. The minimum absolute atomic E-state index is 0.216. The zero-order chi connectivity index (χ0) is 27.9. The van der Waals surface area contributed by atoms with Crippen molar-refractivity contribution < 1.29 is 22.7 Å². The molecular weight excluding hydrogens is 514 g/mol. The monoisotopic (exact) mass is 543 g/mol. The second-order valence-electron chi connectivity index (χ2n) is 10.1. The summed E-state index contributed by atoms with van der Waals surface area (Å²) in [7, 11) is -2.24. The highest BCUT2D eigenvalue weighted by Crippen LogP contribution is 2.44. The number of benzene rings is 3. The van der Waals surface area contributed by atoms with Crippen molar-refractivity contribution >= 4 is 49.4 Å². The Bertz CT molecular complexity index is 1790. The first-order chi connectivity index (χ1) is 18.5. The van der Waals surface area contributed by atoms with E-state index in [2.05, 4.69) is 0 Å². The molecule has 0 bridgehead atoms. The molecule has 5 rings (SSSR count). The number of sulfonamides is 1. The van der Waals surface area contributed by atoms with Gasteiger partial charge in [-0.05, 0) is 56.7 Å². The van der Waals surface area contributed by atoms with Crippen LogP contribution in [0.3, 0.4) is 0 Å². The van der Waals surface area contributed by atoms with Crippen LogP contribution in [0, 0.1) is 0 Å². The van der Waals surface area contributed by atoms with Gasteiger partial charge in [-0.3, -0.25) is 0 Å². The van der Waals surface area contributed by atoms with E-state index in [1.54, 1.807) is 43.5 Å². The minimum Gasteiger partial charge on any atom is -0.497 e. The number of methoxy groups -OCH3 is 1. The first kappa shape index (κ1) is 26.2. The molecule has 0 saturated carbocycles. The summed E-state index contributed by atoms with van der Waals surface area (Å²) in [5.74, 6) is 0.869. The number of ether oxygens (including phenoxy) is 2. The van der Waals surface area contributed by atoms with Gasteiger partial charge in [0.15, 0.2) is 5.82 Å². The molecule has 0 N–H and O–H groups in total. The van der Waals surface area contributed by atoms with Crippen LogP contribution in [0.15, 0.2) is 85.1 Å². The molecule has 3 aromatic carbocycles. The summed E-state index contributed by atoms with van der Waals surface area (Å²) in [6, 6.07) is 23.6. The van der Waals surface area contributed by atoms with Crippen molar-refractivity contribution in [3.8, 4) is 16.9 Å². The molecule has 39 heavy (non-hydrogen) atoms. The average Bonchev–Trinajstić information content (AvgIpc) is 3.22. The molecule has 0 amide bonds. The fraction of sp³-hybridized carbons (Fsp3) is 0.200. The van der Waals surface area contributed by atoms with E-state index in [9.17, 15) is 13.2 Å². The van der Waals surface area contributed by atoms with Crippen molar-refractivity contribution in [1.29, 1.82) is 0 Å². The third-order valence-corrected chi connectivity index (χ3v) is 7.21. The number of hydrogen-bond acceptors (Lipinski definition) is 6. The molecule has 5 aromatic rings. The lowest BCUT2D eigenvalue weighted by Gasteiger charge is -2.25. The summed E-state index contributed by atoms with van der Waals surface area (Å²) in [6.45, 7) is 5.42. The van der Waals surface area contributed by atoms with Crippen LogP contribution in [-0.4, -0.2) is 43.0 Å². The average molecular weight is 544 g/mol. The number of aromatic nitrogens is 2. The Labute approximate surface area is 227 Å². The maximum absolute atomic E-state index is 13.5. The number of anilines is 2. The standard InChI is InChI=1S/C30H29N3O5S/c1-30(2,3)38-29(34)32-24-14-10-9-13-23(24)27-25(32)19-31-28(26(27)20-15-17-22(37-4)18-16-20)33(39(5,35)36)21-11-7-6-8-12-21/h6-19H,1-5H3. The number of carbonyl (C=O) groups is 1. The summed E-state index contributed by atoms with van der Waals surface area (Å²) >= 11 is 0. The van der Waals surface area contributed by atoms with Gasteiger partial charge in [0.25, 0.3) is 0 Å². The fourth-order valence-corrected chi connectivity index (χ4v) is 5.62. The molecule has 0 fully saturated rings. The van der Waals surface area contributed by atoms with Gasteiger partial charge in [-0.15, -0.1) is 0 Å². The number of pyridine rings is 1. The molecule has 0 radical (unpaired) electrons. The predicted octanol–water partition coefficient (Wildman–Crippen LogP) is 6.75. The Balaban J connectivity index is 1.93. The fourth-order valence-electron chi connectivity index (χ4n) is 4.67. The van der Waals surface area contributed by atoms with E-state index in [-0.39, 0.29) is 5.82 Å². The molecule has 0 aliphatic rings. The van der Waals surface area contributed by atoms with Crippen molar-refractivity contribution in [1.82, 2.24) is 9.55 Å². The molecule has 0 atom stereocenters. The van der Waals surface area contributed by atoms with Crippen molar-refractivity contribution in [2.24, 2.45) is 0 Å². The third-order valence-electron chi connectivity index (χ3n) is 6.16. The molecular formula is C30H29N3O5S. The zero-order valence-electron chi connectivity index (χ0n) is 22.4. The molecule has 2 aromatic heterocycles. The van der Waals surface area contributed by atoms with Crippen LogP contribution in [0.1, 0.15) is 20.8 Å². The van der Waals surface area contributed by atoms with E-state index in [1.807, 2.05) is 63.2 Å². The van der Waals surface area contributed by atoms with Gasteiger partial charge >= 0.3 is 6.09 Å². The Morgan fingerprint density at radius 1 is 0.897 bits per heavy atom. The van der Waals surface area contributed by atoms with Gasteiger partial charge in [-0.1, -0.05) is 48.5 Å². The highest BCUT2D eigenvalue weighted by molar-refractivity contribution is 7.92. The third kappa shape index (κ3) is 4.93. The van der Waals surface area contributed by atoms with Crippen LogP contribution in [0.25, 0.3) is 32.9 Å². The summed E-state index contributed by atoms with van der Waals surface area (Å²) in [5, 5.41) is 1.44. The first-order valence-electron chi connectivity index (χ1n) is 12.3. The van der Waals surface area contributed by atoms with Gasteiger partial charge in [0.05, 0.1) is 36.3 Å². The van der Waals surface area contributed by atoms with Crippen LogP contribution in [0.5, 0.6) is 5.75 Å². The molecule has 0 aliphatic carbocycles. The number of nitrogens with zero attached hydrogens (tertiary/aromatic N) is 3. The number of fused-ring (bicyclic) bond motifs is 3. The number of hydrogen-bond donors (Lipinski definition) is 0. The second kappa shape index (κ2) is 9.74. The van der Waals surface area contributed by atoms with Crippen LogP contribution in [-0.2, 0) is 14.8 Å². The van der Waals surface area contributed by atoms with E-state index in [1.165, 1.54) is 15.1 Å². The van der Waals surface area contributed by atoms with Gasteiger partial charge in [0.1, 0.15) is 11.4 Å². The quantitative estimate of drug-likeness (QED) is 0.244. The largest absolute Gasteiger partial charge is 0.497 e. The maximum Gasteiger partial charge on any atom is 0.419 e. The molecule has 8 nitrogen and oxygen atoms in total. The van der Waals surface area contributed by atoms with E-state index in [0.717, 1.165) is 11.6 Å². The van der Waals surface area contributed by atoms with Crippen LogP contribution >= 0.6 is 0 Å². The highest BCUT2D eigenvalue weighted by atomic mass is 32.2. The molecule has 0 spiro atoms. The van der Waals surface area contributed by atoms with E-state index < -0.39 is 21.7 Å². The lowest BCUT2D eigenvalue weighted by molar-refractivity contribution is 0.0551. The predicted molar refractivity (Wildman–Crippen MR) is 154 cm³/mol. The molecule has 0 unspecified atom stereocenters. The zero-order valence-corrected chi connectivity index (χ0v) is 23.2. The van der Waals surface area contributed by atoms with E-state index in [0.29, 0.717) is 39.0 Å². The molecule has 2 heterocycles. The maximum atomic E-state index is 13.5. The lowest BCUT2D eigenvalue weighted by atomic mass is 10.00. The van der Waals surface area contributed by atoms with Crippen molar-refractivity contribution in [3.63, 3.8) is 0 Å². The van der Waals surface area contributed by atoms with Crippen LogP contribution in [0.4, 0.5) is 16.3 Å². The van der Waals surface area contributed by atoms with E-state index >= 15 is 0 Å². The van der Waals surface area contributed by atoms with Gasteiger partial charge in [0.2, 0.25) is 10.0 Å². The summed E-state index contributed by atoms with van der Waals surface area (Å²) in [5.41, 5.74) is 2.12. The SMILES string of the molecule is COc1ccc(-c2c(N(c3ccccc3)S(C)(=O)=O)ncc3c2c2ccccc2n3C(=O)OC(C)(C)C)cc1. The Kier molecular flexibility index (Phi) is 6.56. The molecule has 200 valence electrons. The highest BCUT2D eigenvalue weighted by Gasteiger charge is 2.30. The number of rotatable bonds is 5. The Morgan fingerprint density at radius 3 is 2.15 bits per heavy atom. The Hall–Kier alpha value is -4.37. The molecule has 9 heteroatoms. The van der Waals surface area contributed by atoms with Crippen LogP contribution < -0.4 is 9.04 Å². The summed E-state index contributed by atoms with van der Waals surface area (Å²) in [6.07, 6.45) is 2.13.